The largest absolute Gasteiger partial charge is 0.390 e. The molecule has 2 rings (SSSR count). The zero-order chi connectivity index (χ0) is 11.5. The van der Waals surface area contributed by atoms with E-state index in [-0.39, 0.29) is 0 Å². The first-order chi connectivity index (χ1) is 7.72. The number of alkyl halides is 1. The standard InChI is InChI=1S/C10H12ClN3O2/c11-2-1-9(15)10(16)7-3-6-4-13-14-8(6)5-12-7/h3-5,9-10,15-16H,1-2H2,(H,13,14). The number of H-pyrrole nitrogens is 1. The number of nitrogens with one attached hydrogen (secondary N) is 1. The van der Waals surface area contributed by atoms with Crippen molar-refractivity contribution in [1.82, 2.24) is 15.2 Å². The number of hydrogen-bond acceptors (Lipinski definition) is 4. The van der Waals surface area contributed by atoms with Crippen LogP contribution >= 0.6 is 11.6 Å². The van der Waals surface area contributed by atoms with Gasteiger partial charge in [-0.1, -0.05) is 0 Å². The Hall–Kier alpha value is -1.17. The summed E-state index contributed by atoms with van der Waals surface area (Å²) in [7, 11) is 0. The number of aromatic amines is 1. The molecule has 0 saturated carbocycles. The van der Waals surface area contributed by atoms with Crippen LogP contribution in [0.25, 0.3) is 10.9 Å². The van der Waals surface area contributed by atoms with Crippen LogP contribution in [0.2, 0.25) is 0 Å². The van der Waals surface area contributed by atoms with Crippen molar-refractivity contribution in [2.45, 2.75) is 18.6 Å². The number of rotatable bonds is 4. The predicted molar refractivity (Wildman–Crippen MR) is 60.2 cm³/mol. The maximum Gasteiger partial charge on any atom is 0.122 e. The summed E-state index contributed by atoms with van der Waals surface area (Å²) in [5, 5.41) is 26.9. The van der Waals surface area contributed by atoms with E-state index < -0.39 is 12.2 Å². The average molecular weight is 242 g/mol. The number of hydrogen-bond donors (Lipinski definition) is 3. The monoisotopic (exact) mass is 241 g/mol. The lowest BCUT2D eigenvalue weighted by molar-refractivity contribution is 0.0145. The van der Waals surface area contributed by atoms with E-state index >= 15 is 0 Å². The molecule has 2 unspecified atom stereocenters. The second kappa shape index (κ2) is 4.78. The first-order valence-corrected chi connectivity index (χ1v) is 5.47. The van der Waals surface area contributed by atoms with Gasteiger partial charge in [0.25, 0.3) is 0 Å². The van der Waals surface area contributed by atoms with Gasteiger partial charge in [-0.2, -0.15) is 5.10 Å². The first-order valence-electron chi connectivity index (χ1n) is 4.93. The van der Waals surface area contributed by atoms with Gasteiger partial charge >= 0.3 is 0 Å². The maximum atomic E-state index is 9.82. The third-order valence-electron chi connectivity index (χ3n) is 2.42. The Morgan fingerprint density at radius 2 is 2.19 bits per heavy atom. The highest BCUT2D eigenvalue weighted by Gasteiger charge is 2.19. The molecule has 0 amide bonds. The number of aliphatic hydroxyl groups excluding tert-OH is 2. The highest BCUT2D eigenvalue weighted by Crippen LogP contribution is 2.20. The van der Waals surface area contributed by atoms with E-state index in [1.165, 1.54) is 0 Å². The Labute approximate surface area is 97.1 Å². The molecule has 6 heteroatoms. The molecule has 0 aromatic carbocycles. The zero-order valence-electron chi connectivity index (χ0n) is 8.47. The van der Waals surface area contributed by atoms with Gasteiger partial charge in [0.05, 0.1) is 29.7 Å². The molecule has 86 valence electrons. The summed E-state index contributed by atoms with van der Waals surface area (Å²) in [6, 6.07) is 1.70. The highest BCUT2D eigenvalue weighted by molar-refractivity contribution is 6.17. The fourth-order valence-electron chi connectivity index (χ4n) is 1.49. The molecule has 0 aliphatic carbocycles. The normalized spacial score (nSPS) is 15.2. The fourth-order valence-corrected chi connectivity index (χ4v) is 1.71. The minimum atomic E-state index is -1.02. The summed E-state index contributed by atoms with van der Waals surface area (Å²) in [6.45, 7) is 0. The lowest BCUT2D eigenvalue weighted by Crippen LogP contribution is -2.19. The molecule has 0 aliphatic rings. The van der Waals surface area contributed by atoms with Crippen molar-refractivity contribution in [3.63, 3.8) is 0 Å². The number of aliphatic hydroxyl groups is 2. The third-order valence-corrected chi connectivity index (χ3v) is 2.64. The first kappa shape index (κ1) is 11.3. The molecule has 16 heavy (non-hydrogen) atoms. The van der Waals surface area contributed by atoms with E-state index in [0.29, 0.717) is 18.0 Å². The van der Waals surface area contributed by atoms with Crippen LogP contribution in [0.3, 0.4) is 0 Å². The Kier molecular flexibility index (Phi) is 3.38. The predicted octanol–water partition coefficient (Wildman–Crippen LogP) is 0.981. The minimum absolute atomic E-state index is 0.298. The van der Waals surface area contributed by atoms with Gasteiger partial charge in [0, 0.05) is 11.3 Å². The van der Waals surface area contributed by atoms with Crippen molar-refractivity contribution in [2.75, 3.05) is 5.88 Å². The molecule has 2 aromatic heterocycles. The molecule has 2 aromatic rings. The van der Waals surface area contributed by atoms with Crippen molar-refractivity contribution in [3.8, 4) is 0 Å². The summed E-state index contributed by atoms with van der Waals surface area (Å²) >= 11 is 5.50. The van der Waals surface area contributed by atoms with Gasteiger partial charge in [-0.05, 0) is 12.5 Å². The van der Waals surface area contributed by atoms with E-state index in [0.717, 1.165) is 10.9 Å². The van der Waals surface area contributed by atoms with E-state index in [1.54, 1.807) is 18.5 Å². The summed E-state index contributed by atoms with van der Waals surface area (Å²) in [5.74, 6) is 0.298. The van der Waals surface area contributed by atoms with Crippen LogP contribution in [0.5, 0.6) is 0 Å². The van der Waals surface area contributed by atoms with Gasteiger partial charge in [0.15, 0.2) is 0 Å². The molecule has 0 bridgehead atoms. The van der Waals surface area contributed by atoms with E-state index in [2.05, 4.69) is 15.2 Å². The minimum Gasteiger partial charge on any atom is -0.390 e. The number of halogens is 1. The molecule has 2 heterocycles. The van der Waals surface area contributed by atoms with Crippen molar-refractivity contribution < 1.29 is 10.2 Å². The molecule has 0 spiro atoms. The molecule has 0 fully saturated rings. The quantitative estimate of drug-likeness (QED) is 0.697. The second-order valence-electron chi connectivity index (χ2n) is 3.56. The number of fused-ring (bicyclic) bond motifs is 1. The zero-order valence-corrected chi connectivity index (χ0v) is 9.22. The van der Waals surface area contributed by atoms with Crippen molar-refractivity contribution >= 4 is 22.5 Å². The number of pyridine rings is 1. The van der Waals surface area contributed by atoms with Gasteiger partial charge in [0.2, 0.25) is 0 Å². The van der Waals surface area contributed by atoms with Crippen LogP contribution in [0.4, 0.5) is 0 Å². The Balaban J connectivity index is 2.24. The molecule has 0 radical (unpaired) electrons. The average Bonchev–Trinajstić information content (AvgIpc) is 2.75. The molecule has 2 atom stereocenters. The highest BCUT2D eigenvalue weighted by atomic mass is 35.5. The summed E-state index contributed by atoms with van der Waals surface area (Å²) in [5.41, 5.74) is 1.22. The van der Waals surface area contributed by atoms with E-state index in [9.17, 15) is 10.2 Å². The lowest BCUT2D eigenvalue weighted by Gasteiger charge is -2.15. The fraction of sp³-hybridized carbons (Fsp3) is 0.400. The van der Waals surface area contributed by atoms with Crippen LogP contribution in [-0.4, -0.2) is 37.4 Å². The Bertz CT molecular complexity index is 474. The molecule has 0 aliphatic heterocycles. The van der Waals surface area contributed by atoms with Crippen LogP contribution in [0.1, 0.15) is 18.2 Å². The van der Waals surface area contributed by atoms with E-state index in [4.69, 9.17) is 11.6 Å². The number of nitrogens with zero attached hydrogens (tertiary/aromatic N) is 2. The second-order valence-corrected chi connectivity index (χ2v) is 3.93. The lowest BCUT2D eigenvalue weighted by atomic mass is 10.1. The summed E-state index contributed by atoms with van der Waals surface area (Å²) < 4.78 is 0. The summed E-state index contributed by atoms with van der Waals surface area (Å²) in [6.07, 6.45) is 1.64. The SMILES string of the molecule is OC(CCCl)C(O)c1cc2cn[nH]c2cn1. The third kappa shape index (κ3) is 2.16. The van der Waals surface area contributed by atoms with Gasteiger partial charge in [0.1, 0.15) is 6.10 Å². The molecule has 5 nitrogen and oxygen atoms in total. The van der Waals surface area contributed by atoms with Gasteiger partial charge < -0.3 is 10.2 Å². The topological polar surface area (TPSA) is 82.0 Å². The van der Waals surface area contributed by atoms with Gasteiger partial charge in [-0.3, -0.25) is 10.1 Å². The number of aromatic nitrogens is 3. The molecular weight excluding hydrogens is 230 g/mol. The Morgan fingerprint density at radius 3 is 2.94 bits per heavy atom. The molecular formula is C10H12ClN3O2. The van der Waals surface area contributed by atoms with Crippen LogP contribution in [0.15, 0.2) is 18.5 Å². The molecule has 3 N–H and O–H groups in total. The van der Waals surface area contributed by atoms with Crippen LogP contribution in [-0.2, 0) is 0 Å². The Morgan fingerprint density at radius 1 is 1.38 bits per heavy atom. The van der Waals surface area contributed by atoms with Crippen molar-refractivity contribution in [2.24, 2.45) is 0 Å². The maximum absolute atomic E-state index is 9.82. The van der Waals surface area contributed by atoms with Crippen LogP contribution in [0, 0.1) is 0 Å². The van der Waals surface area contributed by atoms with Crippen molar-refractivity contribution in [3.05, 3.63) is 24.2 Å². The smallest absolute Gasteiger partial charge is 0.122 e. The van der Waals surface area contributed by atoms with Gasteiger partial charge in [-0.25, -0.2) is 0 Å². The molecule has 0 saturated heterocycles. The summed E-state index contributed by atoms with van der Waals surface area (Å²) in [4.78, 5) is 4.06. The van der Waals surface area contributed by atoms with Crippen molar-refractivity contribution in [1.29, 1.82) is 0 Å². The van der Waals surface area contributed by atoms with Crippen LogP contribution < -0.4 is 0 Å². The van der Waals surface area contributed by atoms with Gasteiger partial charge in [-0.15, -0.1) is 11.6 Å². The van der Waals surface area contributed by atoms with E-state index in [1.807, 2.05) is 0 Å².